The lowest BCUT2D eigenvalue weighted by molar-refractivity contribution is 0.276. The summed E-state index contributed by atoms with van der Waals surface area (Å²) in [6.45, 7) is -0.0397. The summed E-state index contributed by atoms with van der Waals surface area (Å²) in [5.74, 6) is 1.38. The zero-order valence-electron chi connectivity index (χ0n) is 10.3. The second-order valence-electron chi connectivity index (χ2n) is 4.23. The van der Waals surface area contributed by atoms with Crippen LogP contribution in [0.3, 0.4) is 0 Å². The summed E-state index contributed by atoms with van der Waals surface area (Å²) < 4.78 is 5.81. The third kappa shape index (κ3) is 2.41. The van der Waals surface area contributed by atoms with Crippen LogP contribution in [0.1, 0.15) is 5.56 Å². The Labute approximate surface area is 111 Å². The third-order valence-electron chi connectivity index (χ3n) is 2.95. The van der Waals surface area contributed by atoms with Crippen LogP contribution in [-0.2, 0) is 6.61 Å². The largest absolute Gasteiger partial charge is 0.457 e. The van der Waals surface area contributed by atoms with Crippen molar-refractivity contribution in [3.63, 3.8) is 0 Å². The molecule has 3 nitrogen and oxygen atoms in total. The van der Waals surface area contributed by atoms with Gasteiger partial charge >= 0.3 is 0 Å². The van der Waals surface area contributed by atoms with Gasteiger partial charge in [-0.3, -0.25) is 4.98 Å². The van der Waals surface area contributed by atoms with Crippen molar-refractivity contribution < 1.29 is 9.84 Å². The maximum Gasteiger partial charge on any atom is 0.132 e. The molecule has 94 valence electrons. The summed E-state index contributed by atoms with van der Waals surface area (Å²) in [7, 11) is 0. The van der Waals surface area contributed by atoms with Crippen LogP contribution in [0.5, 0.6) is 11.5 Å². The molecule has 1 N–H and O–H groups in total. The van der Waals surface area contributed by atoms with Gasteiger partial charge in [-0.05, 0) is 24.3 Å². The molecular weight excluding hydrogens is 238 g/mol. The lowest BCUT2D eigenvalue weighted by Crippen LogP contribution is -1.91. The number of para-hydroxylation sites is 1. The molecule has 1 aromatic heterocycles. The SMILES string of the molecule is OCc1ccccc1Oc1ccc2cccnc2c1. The molecule has 0 bridgehead atoms. The van der Waals surface area contributed by atoms with Gasteiger partial charge in [0.2, 0.25) is 0 Å². The van der Waals surface area contributed by atoms with Crippen LogP contribution < -0.4 is 4.74 Å². The maximum absolute atomic E-state index is 9.28. The highest BCUT2D eigenvalue weighted by Gasteiger charge is 2.04. The molecule has 0 saturated heterocycles. The van der Waals surface area contributed by atoms with E-state index in [0.29, 0.717) is 11.5 Å². The fourth-order valence-electron chi connectivity index (χ4n) is 1.97. The molecule has 3 rings (SSSR count). The van der Waals surface area contributed by atoms with Gasteiger partial charge in [0.15, 0.2) is 0 Å². The average Bonchev–Trinajstić information content (AvgIpc) is 2.48. The number of aromatic nitrogens is 1. The molecule has 19 heavy (non-hydrogen) atoms. The van der Waals surface area contributed by atoms with Crippen molar-refractivity contribution in [2.75, 3.05) is 0 Å². The summed E-state index contributed by atoms with van der Waals surface area (Å²) in [4.78, 5) is 4.30. The fraction of sp³-hybridized carbons (Fsp3) is 0.0625. The third-order valence-corrected chi connectivity index (χ3v) is 2.95. The molecule has 1 heterocycles. The summed E-state index contributed by atoms with van der Waals surface area (Å²) in [5.41, 5.74) is 1.66. The Bertz CT molecular complexity index is 710. The van der Waals surface area contributed by atoms with Gasteiger partial charge in [-0.2, -0.15) is 0 Å². The van der Waals surface area contributed by atoms with E-state index in [1.807, 2.05) is 54.6 Å². The van der Waals surface area contributed by atoms with Gasteiger partial charge in [-0.25, -0.2) is 0 Å². The number of nitrogens with zero attached hydrogens (tertiary/aromatic N) is 1. The van der Waals surface area contributed by atoms with Gasteiger partial charge in [0.1, 0.15) is 11.5 Å². The second kappa shape index (κ2) is 5.08. The van der Waals surface area contributed by atoms with Gasteiger partial charge < -0.3 is 9.84 Å². The number of ether oxygens (including phenoxy) is 1. The Morgan fingerprint density at radius 3 is 2.79 bits per heavy atom. The topological polar surface area (TPSA) is 42.4 Å². The van der Waals surface area contributed by atoms with Gasteiger partial charge in [-0.1, -0.05) is 24.3 Å². The van der Waals surface area contributed by atoms with Crippen LogP contribution >= 0.6 is 0 Å². The van der Waals surface area contributed by atoms with E-state index >= 15 is 0 Å². The number of hydrogen-bond donors (Lipinski definition) is 1. The minimum atomic E-state index is -0.0397. The molecule has 0 saturated carbocycles. The highest BCUT2D eigenvalue weighted by molar-refractivity contribution is 5.79. The Kier molecular flexibility index (Phi) is 3.12. The Morgan fingerprint density at radius 2 is 1.89 bits per heavy atom. The number of rotatable bonds is 3. The number of benzene rings is 2. The summed E-state index contributed by atoms with van der Waals surface area (Å²) >= 11 is 0. The molecule has 0 unspecified atom stereocenters. The van der Waals surface area contributed by atoms with E-state index in [-0.39, 0.29) is 6.61 Å². The quantitative estimate of drug-likeness (QED) is 0.774. The number of fused-ring (bicyclic) bond motifs is 1. The first-order valence-corrected chi connectivity index (χ1v) is 6.08. The summed E-state index contributed by atoms with van der Waals surface area (Å²) in [6, 6.07) is 17.1. The molecule has 0 fully saturated rings. The molecule has 3 heteroatoms. The van der Waals surface area contributed by atoms with Crippen LogP contribution in [0.4, 0.5) is 0 Å². The van der Waals surface area contributed by atoms with Crippen LogP contribution in [-0.4, -0.2) is 10.1 Å². The molecule has 0 atom stereocenters. The van der Waals surface area contributed by atoms with Crippen molar-refractivity contribution in [2.24, 2.45) is 0 Å². The first-order valence-electron chi connectivity index (χ1n) is 6.08. The first-order chi connectivity index (χ1) is 9.36. The van der Waals surface area contributed by atoms with Crippen molar-refractivity contribution >= 4 is 10.9 Å². The van der Waals surface area contributed by atoms with Crippen LogP contribution in [0.25, 0.3) is 10.9 Å². The highest BCUT2D eigenvalue weighted by atomic mass is 16.5. The molecule has 0 aliphatic heterocycles. The first kappa shape index (κ1) is 11.7. The lowest BCUT2D eigenvalue weighted by atomic mass is 10.2. The lowest BCUT2D eigenvalue weighted by Gasteiger charge is -2.09. The zero-order chi connectivity index (χ0) is 13.1. The predicted octanol–water partition coefficient (Wildman–Crippen LogP) is 3.52. The van der Waals surface area contributed by atoms with Crippen molar-refractivity contribution in [3.05, 3.63) is 66.4 Å². The van der Waals surface area contributed by atoms with Crippen LogP contribution in [0, 0.1) is 0 Å². The van der Waals surface area contributed by atoms with E-state index in [1.54, 1.807) is 6.20 Å². The summed E-state index contributed by atoms with van der Waals surface area (Å²) in [5, 5.41) is 10.4. The Morgan fingerprint density at radius 1 is 1.00 bits per heavy atom. The second-order valence-corrected chi connectivity index (χ2v) is 4.23. The van der Waals surface area contributed by atoms with Crippen molar-refractivity contribution in [2.45, 2.75) is 6.61 Å². The van der Waals surface area contributed by atoms with Crippen LogP contribution in [0.15, 0.2) is 60.8 Å². The van der Waals surface area contributed by atoms with E-state index in [4.69, 9.17) is 4.74 Å². The van der Waals surface area contributed by atoms with Gasteiger partial charge in [0, 0.05) is 23.2 Å². The monoisotopic (exact) mass is 251 g/mol. The molecule has 0 spiro atoms. The van der Waals surface area contributed by atoms with Gasteiger partial charge in [0.05, 0.1) is 12.1 Å². The van der Waals surface area contributed by atoms with E-state index in [2.05, 4.69) is 4.98 Å². The number of aliphatic hydroxyl groups excluding tert-OH is 1. The number of aliphatic hydroxyl groups is 1. The van der Waals surface area contributed by atoms with Crippen molar-refractivity contribution in [1.82, 2.24) is 4.98 Å². The Balaban J connectivity index is 1.96. The maximum atomic E-state index is 9.28. The van der Waals surface area contributed by atoms with Crippen molar-refractivity contribution in [3.8, 4) is 11.5 Å². The van der Waals surface area contributed by atoms with E-state index in [9.17, 15) is 5.11 Å². The number of pyridine rings is 1. The van der Waals surface area contributed by atoms with E-state index < -0.39 is 0 Å². The predicted molar refractivity (Wildman–Crippen MR) is 74.2 cm³/mol. The average molecular weight is 251 g/mol. The van der Waals surface area contributed by atoms with Gasteiger partial charge in [0.25, 0.3) is 0 Å². The highest BCUT2D eigenvalue weighted by Crippen LogP contribution is 2.27. The minimum Gasteiger partial charge on any atom is -0.457 e. The molecule has 3 aromatic rings. The van der Waals surface area contributed by atoms with Crippen LogP contribution in [0.2, 0.25) is 0 Å². The van der Waals surface area contributed by atoms with E-state index in [1.165, 1.54) is 0 Å². The standard InChI is InChI=1S/C16H13NO2/c18-11-13-4-1-2-6-16(13)19-14-8-7-12-5-3-9-17-15(12)10-14/h1-10,18H,11H2. The smallest absolute Gasteiger partial charge is 0.132 e. The molecule has 0 aliphatic rings. The minimum absolute atomic E-state index is 0.0397. The molecule has 0 aliphatic carbocycles. The normalized spacial score (nSPS) is 10.6. The molecular formula is C16H13NO2. The number of hydrogen-bond acceptors (Lipinski definition) is 3. The Hall–Kier alpha value is -2.39. The summed E-state index contributed by atoms with van der Waals surface area (Å²) in [6.07, 6.45) is 1.76. The fourth-order valence-corrected chi connectivity index (χ4v) is 1.97. The zero-order valence-corrected chi connectivity index (χ0v) is 10.3. The molecule has 0 radical (unpaired) electrons. The van der Waals surface area contributed by atoms with E-state index in [0.717, 1.165) is 16.5 Å². The molecule has 2 aromatic carbocycles. The molecule has 0 amide bonds. The van der Waals surface area contributed by atoms with Crippen molar-refractivity contribution in [1.29, 1.82) is 0 Å². The van der Waals surface area contributed by atoms with Gasteiger partial charge in [-0.15, -0.1) is 0 Å².